The average Bonchev–Trinajstić information content (AvgIpc) is 2.28. The van der Waals surface area contributed by atoms with Gasteiger partial charge in [-0.1, -0.05) is 5.92 Å². The van der Waals surface area contributed by atoms with E-state index < -0.39 is 10.8 Å². The SMILES string of the molecule is C#CCn1ncc(NCCS(C)=O)c(Br)c1=O. The van der Waals surface area contributed by atoms with Crippen molar-refractivity contribution in [2.45, 2.75) is 6.54 Å². The minimum Gasteiger partial charge on any atom is -0.382 e. The van der Waals surface area contributed by atoms with Gasteiger partial charge in [-0.15, -0.1) is 6.42 Å². The Hall–Kier alpha value is -1.13. The van der Waals surface area contributed by atoms with E-state index in [-0.39, 0.29) is 12.1 Å². The smallest absolute Gasteiger partial charge is 0.284 e. The molecule has 0 aliphatic heterocycles. The Labute approximate surface area is 110 Å². The number of nitrogens with one attached hydrogen (secondary N) is 1. The van der Waals surface area contributed by atoms with Crippen LogP contribution in [0.1, 0.15) is 0 Å². The van der Waals surface area contributed by atoms with Crippen molar-refractivity contribution in [2.24, 2.45) is 0 Å². The first-order chi connectivity index (χ1) is 8.06. The predicted molar refractivity (Wildman–Crippen MR) is 72.5 cm³/mol. The molecule has 1 aromatic heterocycles. The molecular weight excluding hydrogens is 306 g/mol. The Morgan fingerprint density at radius 3 is 3.00 bits per heavy atom. The largest absolute Gasteiger partial charge is 0.382 e. The third-order valence-corrected chi connectivity index (χ3v) is 3.48. The van der Waals surface area contributed by atoms with Gasteiger partial charge in [0.2, 0.25) is 0 Å². The highest BCUT2D eigenvalue weighted by Crippen LogP contribution is 2.15. The molecule has 0 saturated heterocycles. The summed E-state index contributed by atoms with van der Waals surface area (Å²) in [6.45, 7) is 0.651. The molecule has 0 fully saturated rings. The fourth-order valence-electron chi connectivity index (χ4n) is 1.12. The molecule has 5 nitrogen and oxygen atoms in total. The summed E-state index contributed by atoms with van der Waals surface area (Å²) < 4.78 is 12.4. The second kappa shape index (κ2) is 6.57. The molecule has 1 N–H and O–H groups in total. The van der Waals surface area contributed by atoms with Gasteiger partial charge in [-0.25, -0.2) is 4.68 Å². The molecule has 1 atom stereocenters. The molecule has 0 spiro atoms. The first-order valence-corrected chi connectivity index (χ1v) is 7.31. The van der Waals surface area contributed by atoms with Crippen LogP contribution in [0.4, 0.5) is 5.69 Å². The zero-order chi connectivity index (χ0) is 12.8. The van der Waals surface area contributed by atoms with Gasteiger partial charge in [0.15, 0.2) is 0 Å². The molecule has 0 saturated carbocycles. The summed E-state index contributed by atoms with van der Waals surface area (Å²) in [4.78, 5) is 11.7. The Morgan fingerprint density at radius 2 is 2.41 bits per heavy atom. The summed E-state index contributed by atoms with van der Waals surface area (Å²) in [7, 11) is -0.867. The summed E-state index contributed by atoms with van der Waals surface area (Å²) in [5.41, 5.74) is 0.291. The van der Waals surface area contributed by atoms with E-state index >= 15 is 0 Å². The molecule has 0 bridgehead atoms. The van der Waals surface area contributed by atoms with Crippen molar-refractivity contribution in [2.75, 3.05) is 23.9 Å². The van der Waals surface area contributed by atoms with Crippen LogP contribution in [0.25, 0.3) is 0 Å². The summed E-state index contributed by atoms with van der Waals surface area (Å²) in [6.07, 6.45) is 8.26. The van der Waals surface area contributed by atoms with Crippen molar-refractivity contribution < 1.29 is 4.21 Å². The van der Waals surface area contributed by atoms with E-state index in [0.29, 0.717) is 22.5 Å². The van der Waals surface area contributed by atoms with E-state index in [9.17, 15) is 9.00 Å². The predicted octanol–water partition coefficient (Wildman–Crippen LogP) is 0.429. The van der Waals surface area contributed by atoms with Crippen molar-refractivity contribution in [1.29, 1.82) is 0 Å². The lowest BCUT2D eigenvalue weighted by Gasteiger charge is -2.08. The number of anilines is 1. The lowest BCUT2D eigenvalue weighted by molar-refractivity contribution is 0.659. The number of rotatable bonds is 5. The van der Waals surface area contributed by atoms with Gasteiger partial charge in [-0.2, -0.15) is 5.10 Å². The van der Waals surface area contributed by atoms with Gasteiger partial charge in [-0.3, -0.25) is 9.00 Å². The Morgan fingerprint density at radius 1 is 1.71 bits per heavy atom. The molecule has 0 radical (unpaired) electrons. The third-order valence-electron chi connectivity index (χ3n) is 1.93. The summed E-state index contributed by atoms with van der Waals surface area (Å²) in [5, 5.41) is 6.91. The molecular formula is C10H12BrN3O2S. The Balaban J connectivity index is 2.82. The number of aromatic nitrogens is 2. The van der Waals surface area contributed by atoms with Crippen molar-refractivity contribution in [3.05, 3.63) is 21.0 Å². The van der Waals surface area contributed by atoms with Crippen molar-refractivity contribution in [1.82, 2.24) is 9.78 Å². The lowest BCUT2D eigenvalue weighted by atomic mass is 10.4. The fraction of sp³-hybridized carbons (Fsp3) is 0.400. The van der Waals surface area contributed by atoms with E-state index in [1.807, 2.05) is 0 Å². The van der Waals surface area contributed by atoms with Crippen LogP contribution in [0.5, 0.6) is 0 Å². The number of terminal acetylenes is 1. The molecule has 0 aliphatic rings. The van der Waals surface area contributed by atoms with Crippen LogP contribution < -0.4 is 10.9 Å². The van der Waals surface area contributed by atoms with E-state index in [2.05, 4.69) is 32.3 Å². The highest BCUT2D eigenvalue weighted by Gasteiger charge is 2.07. The number of hydrogen-bond acceptors (Lipinski definition) is 4. The average molecular weight is 318 g/mol. The van der Waals surface area contributed by atoms with E-state index in [1.54, 1.807) is 6.26 Å². The first-order valence-electron chi connectivity index (χ1n) is 4.79. The molecule has 17 heavy (non-hydrogen) atoms. The van der Waals surface area contributed by atoms with Crippen LogP contribution in [0, 0.1) is 12.3 Å². The van der Waals surface area contributed by atoms with E-state index in [1.165, 1.54) is 10.9 Å². The number of hydrogen-bond donors (Lipinski definition) is 1. The molecule has 0 aliphatic carbocycles. The van der Waals surface area contributed by atoms with Gasteiger partial charge in [0, 0.05) is 29.4 Å². The molecule has 1 rings (SSSR count). The molecule has 1 unspecified atom stereocenters. The van der Waals surface area contributed by atoms with Crippen LogP contribution in [0.15, 0.2) is 15.5 Å². The molecule has 0 aromatic carbocycles. The monoisotopic (exact) mass is 317 g/mol. The van der Waals surface area contributed by atoms with Crippen molar-refractivity contribution in [3.8, 4) is 12.3 Å². The van der Waals surface area contributed by atoms with Gasteiger partial charge in [0.25, 0.3) is 5.56 Å². The van der Waals surface area contributed by atoms with Crippen LogP contribution >= 0.6 is 15.9 Å². The highest BCUT2D eigenvalue weighted by atomic mass is 79.9. The van der Waals surface area contributed by atoms with E-state index in [0.717, 1.165) is 0 Å². The van der Waals surface area contributed by atoms with Gasteiger partial charge in [-0.05, 0) is 15.9 Å². The highest BCUT2D eigenvalue weighted by molar-refractivity contribution is 9.10. The normalized spacial score (nSPS) is 11.8. The number of nitrogens with zero attached hydrogens (tertiary/aromatic N) is 2. The van der Waals surface area contributed by atoms with Crippen LogP contribution in [0.2, 0.25) is 0 Å². The lowest BCUT2D eigenvalue weighted by Crippen LogP contribution is -2.24. The van der Waals surface area contributed by atoms with Crippen molar-refractivity contribution in [3.63, 3.8) is 0 Å². The van der Waals surface area contributed by atoms with Gasteiger partial charge in [0.05, 0.1) is 11.9 Å². The number of halogens is 1. The quantitative estimate of drug-likeness (QED) is 0.800. The van der Waals surface area contributed by atoms with E-state index in [4.69, 9.17) is 6.42 Å². The third kappa shape index (κ3) is 3.98. The van der Waals surface area contributed by atoms with Gasteiger partial charge in [0.1, 0.15) is 11.0 Å². The molecule has 92 valence electrons. The maximum absolute atomic E-state index is 11.7. The molecule has 1 heterocycles. The Bertz CT molecular complexity index is 521. The molecule has 7 heteroatoms. The summed E-state index contributed by atoms with van der Waals surface area (Å²) in [6, 6.07) is 0. The second-order valence-electron chi connectivity index (χ2n) is 3.24. The summed E-state index contributed by atoms with van der Waals surface area (Å²) >= 11 is 3.19. The van der Waals surface area contributed by atoms with Gasteiger partial charge < -0.3 is 5.32 Å². The van der Waals surface area contributed by atoms with Crippen molar-refractivity contribution >= 4 is 32.4 Å². The molecule has 0 amide bonds. The zero-order valence-corrected chi connectivity index (χ0v) is 11.7. The minimum atomic E-state index is -0.867. The van der Waals surface area contributed by atoms with Crippen LogP contribution in [-0.4, -0.2) is 32.5 Å². The Kier molecular flexibility index (Phi) is 5.38. The second-order valence-corrected chi connectivity index (χ2v) is 5.59. The van der Waals surface area contributed by atoms with Crippen LogP contribution in [0.3, 0.4) is 0 Å². The first kappa shape index (κ1) is 13.9. The minimum absolute atomic E-state index is 0.136. The zero-order valence-electron chi connectivity index (χ0n) is 9.27. The van der Waals surface area contributed by atoms with Gasteiger partial charge >= 0.3 is 0 Å². The maximum Gasteiger partial charge on any atom is 0.284 e. The topological polar surface area (TPSA) is 64.0 Å². The molecule has 1 aromatic rings. The fourth-order valence-corrected chi connectivity index (χ4v) is 1.95. The maximum atomic E-state index is 11.7. The van der Waals surface area contributed by atoms with Crippen LogP contribution in [-0.2, 0) is 17.3 Å². The standard InChI is InChI=1S/C10H12BrN3O2S/c1-3-5-14-10(15)9(11)8(7-13-14)12-4-6-17(2)16/h1,7,12H,4-6H2,2H3. The summed E-state index contributed by atoms with van der Waals surface area (Å²) in [5.74, 6) is 2.86.